The Balaban J connectivity index is 2.03. The monoisotopic (exact) mass is 212 g/mol. The summed E-state index contributed by atoms with van der Waals surface area (Å²) < 4.78 is 11.6. The fraction of sp³-hybridized carbons (Fsp3) is 0.900. The lowest BCUT2D eigenvalue weighted by Gasteiger charge is -2.32. The molecule has 0 spiro atoms. The minimum atomic E-state index is -0.741. The highest BCUT2D eigenvalue weighted by molar-refractivity contribution is 6.49. The van der Waals surface area contributed by atoms with Gasteiger partial charge in [0, 0.05) is 5.82 Å². The van der Waals surface area contributed by atoms with E-state index in [0.717, 1.165) is 0 Å². The Morgan fingerprint density at radius 1 is 1.27 bits per heavy atom. The van der Waals surface area contributed by atoms with Gasteiger partial charge in [0.2, 0.25) is 0 Å². The van der Waals surface area contributed by atoms with Gasteiger partial charge < -0.3 is 14.4 Å². The van der Waals surface area contributed by atoms with Crippen LogP contribution in [0.25, 0.3) is 0 Å². The molecule has 0 amide bonds. The fourth-order valence-corrected chi connectivity index (χ4v) is 1.86. The Morgan fingerprint density at radius 2 is 1.73 bits per heavy atom. The van der Waals surface area contributed by atoms with Crippen LogP contribution in [0, 0.1) is 5.92 Å². The van der Waals surface area contributed by atoms with Crippen molar-refractivity contribution in [2.45, 2.75) is 51.1 Å². The van der Waals surface area contributed by atoms with E-state index in [9.17, 15) is 4.79 Å². The summed E-state index contributed by atoms with van der Waals surface area (Å²) in [5.41, 5.74) is -0.716. The van der Waals surface area contributed by atoms with Crippen molar-refractivity contribution in [1.29, 1.82) is 0 Å². The molecule has 2 rings (SSSR count). The van der Waals surface area contributed by atoms with Crippen molar-refractivity contribution in [3.63, 3.8) is 0 Å². The van der Waals surface area contributed by atoms with Gasteiger partial charge >= 0.3 is 13.1 Å². The molecular weight excluding hydrogens is 195 g/mol. The number of carboxylic acids is 1. The molecule has 2 aliphatic rings. The van der Waals surface area contributed by atoms with Crippen LogP contribution in [0.15, 0.2) is 0 Å². The Bertz CT molecular complexity index is 284. The number of hydrogen-bond acceptors (Lipinski definition) is 3. The van der Waals surface area contributed by atoms with Crippen LogP contribution in [0.3, 0.4) is 0 Å². The highest BCUT2D eigenvalue weighted by atomic mass is 16.7. The van der Waals surface area contributed by atoms with Crippen molar-refractivity contribution in [3.05, 3.63) is 0 Å². The smallest absolute Gasteiger partial charge is 0.462 e. The van der Waals surface area contributed by atoms with Gasteiger partial charge in [-0.2, -0.15) is 0 Å². The predicted molar refractivity (Wildman–Crippen MR) is 55.6 cm³/mol. The quantitative estimate of drug-likeness (QED) is 0.705. The van der Waals surface area contributed by atoms with E-state index in [1.165, 1.54) is 0 Å². The maximum absolute atomic E-state index is 10.7. The van der Waals surface area contributed by atoms with E-state index in [2.05, 4.69) is 0 Å². The van der Waals surface area contributed by atoms with E-state index in [-0.39, 0.29) is 30.1 Å². The third-order valence-electron chi connectivity index (χ3n) is 3.78. The lowest BCUT2D eigenvalue weighted by molar-refractivity contribution is -0.138. The van der Waals surface area contributed by atoms with E-state index >= 15 is 0 Å². The van der Waals surface area contributed by atoms with Crippen LogP contribution in [0.5, 0.6) is 0 Å². The summed E-state index contributed by atoms with van der Waals surface area (Å²) in [5.74, 6) is -0.988. The summed E-state index contributed by atoms with van der Waals surface area (Å²) in [5, 5.41) is 8.83. The molecule has 1 heterocycles. The van der Waals surface area contributed by atoms with Gasteiger partial charge in [-0.3, -0.25) is 4.79 Å². The molecule has 0 aromatic rings. The molecule has 0 unspecified atom stereocenters. The molecule has 1 saturated heterocycles. The molecule has 0 radical (unpaired) electrons. The molecule has 1 saturated carbocycles. The fourth-order valence-electron chi connectivity index (χ4n) is 1.86. The van der Waals surface area contributed by atoms with Gasteiger partial charge in [-0.05, 0) is 34.1 Å². The van der Waals surface area contributed by atoms with Crippen molar-refractivity contribution in [1.82, 2.24) is 0 Å². The molecule has 2 fully saturated rings. The maximum Gasteiger partial charge on any atom is 0.462 e. The summed E-state index contributed by atoms with van der Waals surface area (Å²) in [6, 6.07) is 0. The lowest BCUT2D eigenvalue weighted by atomic mass is 9.80. The first-order valence-electron chi connectivity index (χ1n) is 5.33. The van der Waals surface area contributed by atoms with Gasteiger partial charge in [-0.15, -0.1) is 0 Å². The van der Waals surface area contributed by atoms with E-state index in [0.29, 0.717) is 6.42 Å². The van der Waals surface area contributed by atoms with Gasteiger partial charge in [0.15, 0.2) is 0 Å². The van der Waals surface area contributed by atoms with E-state index in [1.54, 1.807) is 0 Å². The summed E-state index contributed by atoms with van der Waals surface area (Å²) in [6.45, 7) is 7.91. The zero-order valence-electron chi connectivity index (χ0n) is 9.61. The van der Waals surface area contributed by atoms with Crippen molar-refractivity contribution < 1.29 is 19.2 Å². The van der Waals surface area contributed by atoms with E-state index in [4.69, 9.17) is 14.4 Å². The first kappa shape index (κ1) is 11.0. The molecule has 0 bridgehead atoms. The average molecular weight is 212 g/mol. The van der Waals surface area contributed by atoms with E-state index in [1.807, 2.05) is 27.7 Å². The normalized spacial score (nSPS) is 36.7. The van der Waals surface area contributed by atoms with Crippen molar-refractivity contribution in [2.24, 2.45) is 5.92 Å². The zero-order chi connectivity index (χ0) is 11.4. The Hall–Kier alpha value is -0.545. The Kier molecular flexibility index (Phi) is 2.18. The minimum Gasteiger partial charge on any atom is -0.481 e. The van der Waals surface area contributed by atoms with Gasteiger partial charge in [-0.25, -0.2) is 0 Å². The molecule has 15 heavy (non-hydrogen) atoms. The molecule has 4 nitrogen and oxygen atoms in total. The Labute approximate surface area is 90.1 Å². The van der Waals surface area contributed by atoms with Crippen molar-refractivity contribution in [2.75, 3.05) is 0 Å². The zero-order valence-corrected chi connectivity index (χ0v) is 9.61. The summed E-state index contributed by atoms with van der Waals surface area (Å²) in [4.78, 5) is 10.7. The number of hydrogen-bond donors (Lipinski definition) is 1. The molecule has 5 heteroatoms. The third-order valence-corrected chi connectivity index (χ3v) is 3.78. The van der Waals surface area contributed by atoms with Crippen molar-refractivity contribution >= 4 is 13.1 Å². The summed E-state index contributed by atoms with van der Waals surface area (Å²) in [7, 11) is -0.351. The molecule has 2 atom stereocenters. The van der Waals surface area contributed by atoms with Gasteiger partial charge in [-0.1, -0.05) is 0 Å². The second kappa shape index (κ2) is 2.98. The summed E-state index contributed by atoms with van der Waals surface area (Å²) in [6.07, 6.45) is 0.673. The number of aliphatic carboxylic acids is 1. The second-order valence-corrected chi connectivity index (χ2v) is 5.47. The highest BCUT2D eigenvalue weighted by Crippen LogP contribution is 2.53. The number of carboxylic acid groups (broad SMARTS) is 1. The number of rotatable bonds is 2. The lowest BCUT2D eigenvalue weighted by Crippen LogP contribution is -2.41. The van der Waals surface area contributed by atoms with Crippen LogP contribution in [0.2, 0.25) is 5.82 Å². The topological polar surface area (TPSA) is 55.8 Å². The standard InChI is InChI=1S/C10H17BO4/c1-9(2)10(3,4)15-11(14-9)7-5-6(7)8(12)13/h6-7H,5H2,1-4H3,(H,12,13)/t6-,7-/m1/s1. The number of carbonyl (C=O) groups is 1. The largest absolute Gasteiger partial charge is 0.481 e. The second-order valence-electron chi connectivity index (χ2n) is 5.47. The summed E-state index contributed by atoms with van der Waals surface area (Å²) >= 11 is 0. The van der Waals surface area contributed by atoms with Crippen LogP contribution in [0.1, 0.15) is 34.1 Å². The predicted octanol–water partition coefficient (Wildman–Crippen LogP) is 1.55. The van der Waals surface area contributed by atoms with Crippen LogP contribution in [0.4, 0.5) is 0 Å². The maximum atomic E-state index is 10.7. The highest BCUT2D eigenvalue weighted by Gasteiger charge is 2.61. The van der Waals surface area contributed by atoms with Gasteiger partial charge in [0.1, 0.15) is 0 Å². The average Bonchev–Trinajstić information content (AvgIpc) is 2.75. The molecular formula is C10H17BO4. The first-order valence-corrected chi connectivity index (χ1v) is 5.33. The van der Waals surface area contributed by atoms with Gasteiger partial charge in [0.05, 0.1) is 17.1 Å². The van der Waals surface area contributed by atoms with Crippen LogP contribution >= 0.6 is 0 Å². The molecule has 1 aliphatic heterocycles. The molecule has 1 N–H and O–H groups in total. The Morgan fingerprint density at radius 3 is 2.07 bits per heavy atom. The molecule has 0 aromatic heterocycles. The first-order chi connectivity index (χ1) is 6.74. The van der Waals surface area contributed by atoms with Crippen LogP contribution < -0.4 is 0 Å². The third kappa shape index (κ3) is 1.68. The minimum absolute atomic E-state index is 0.0311. The van der Waals surface area contributed by atoms with Crippen LogP contribution in [-0.4, -0.2) is 29.4 Å². The van der Waals surface area contributed by atoms with Crippen LogP contribution in [-0.2, 0) is 14.1 Å². The molecule has 1 aliphatic carbocycles. The van der Waals surface area contributed by atoms with Gasteiger partial charge in [0.25, 0.3) is 0 Å². The molecule has 0 aromatic carbocycles. The molecule has 84 valence electrons. The van der Waals surface area contributed by atoms with Crippen molar-refractivity contribution in [3.8, 4) is 0 Å². The van der Waals surface area contributed by atoms with E-state index < -0.39 is 5.97 Å². The SMILES string of the molecule is CC1(C)OB([C@@H]2C[C@H]2C(=O)O)OC1(C)C.